The van der Waals surface area contributed by atoms with Gasteiger partial charge in [-0.25, -0.2) is 18.5 Å². The molecule has 0 saturated heterocycles. The van der Waals surface area contributed by atoms with Crippen LogP contribution >= 0.6 is 0 Å². The molecule has 0 aliphatic heterocycles. The van der Waals surface area contributed by atoms with Gasteiger partial charge in [0.2, 0.25) is 10.0 Å². The van der Waals surface area contributed by atoms with Crippen LogP contribution in [0.15, 0.2) is 77.7 Å². The molecular weight excluding hydrogens is 434 g/mol. The van der Waals surface area contributed by atoms with Crippen molar-refractivity contribution in [2.24, 2.45) is 5.14 Å². The molecule has 3 aromatic carbocycles. The second kappa shape index (κ2) is 9.13. The zero-order valence-electron chi connectivity index (χ0n) is 18.5. The Morgan fingerprint density at radius 2 is 1.70 bits per heavy atom. The van der Waals surface area contributed by atoms with E-state index >= 15 is 0 Å². The number of amides is 1. The molecule has 0 atom stereocenters. The second-order valence-electron chi connectivity index (χ2n) is 8.09. The maximum absolute atomic E-state index is 13.1. The van der Waals surface area contributed by atoms with Crippen molar-refractivity contribution >= 4 is 26.8 Å². The van der Waals surface area contributed by atoms with Crippen molar-refractivity contribution in [3.8, 4) is 11.3 Å². The number of carbonyl (C=O) groups excluding carboxylic acids is 1. The molecule has 1 aromatic heterocycles. The molecule has 0 aliphatic carbocycles. The van der Waals surface area contributed by atoms with E-state index < -0.39 is 10.0 Å². The van der Waals surface area contributed by atoms with Gasteiger partial charge in [-0.05, 0) is 55.7 Å². The Kier molecular flexibility index (Phi) is 6.26. The van der Waals surface area contributed by atoms with E-state index in [0.29, 0.717) is 18.5 Å². The molecule has 0 saturated carbocycles. The number of primary sulfonamides is 1. The Bertz CT molecular complexity index is 1450. The average Bonchev–Trinajstić information content (AvgIpc) is 2.78. The highest BCUT2D eigenvalue weighted by molar-refractivity contribution is 7.89. The highest BCUT2D eigenvalue weighted by Crippen LogP contribution is 2.27. The van der Waals surface area contributed by atoms with E-state index in [-0.39, 0.29) is 10.8 Å². The molecular formula is C26H25N3O3S. The van der Waals surface area contributed by atoms with Gasteiger partial charge in [-0.15, -0.1) is 0 Å². The number of rotatable bonds is 6. The number of nitrogens with one attached hydrogen (secondary N) is 1. The number of para-hydroxylation sites is 1. The first-order chi connectivity index (χ1) is 15.7. The lowest BCUT2D eigenvalue weighted by molar-refractivity contribution is 0.0955. The van der Waals surface area contributed by atoms with Gasteiger partial charge in [-0.1, -0.05) is 54.1 Å². The molecule has 6 nitrogen and oxygen atoms in total. The molecule has 33 heavy (non-hydrogen) atoms. The number of aryl methyl sites for hydroxylation is 2. The Hall–Kier alpha value is -3.55. The van der Waals surface area contributed by atoms with E-state index in [1.807, 2.05) is 56.3 Å². The summed E-state index contributed by atoms with van der Waals surface area (Å²) in [6.45, 7) is 4.50. The summed E-state index contributed by atoms with van der Waals surface area (Å²) in [6.07, 6.45) is 0.559. The molecule has 0 radical (unpaired) electrons. The van der Waals surface area contributed by atoms with Gasteiger partial charge in [0.25, 0.3) is 5.91 Å². The number of hydrogen-bond acceptors (Lipinski definition) is 4. The van der Waals surface area contributed by atoms with Gasteiger partial charge in [-0.2, -0.15) is 0 Å². The lowest BCUT2D eigenvalue weighted by Crippen LogP contribution is -2.26. The molecule has 0 spiro atoms. The summed E-state index contributed by atoms with van der Waals surface area (Å²) in [5.74, 6) is -0.180. The van der Waals surface area contributed by atoms with Crippen LogP contribution in [0.3, 0.4) is 0 Å². The number of aromatic nitrogens is 1. The predicted octanol–water partition coefficient (Wildman–Crippen LogP) is 4.14. The van der Waals surface area contributed by atoms with Crippen LogP contribution in [-0.4, -0.2) is 25.9 Å². The highest BCUT2D eigenvalue weighted by atomic mass is 32.2. The van der Waals surface area contributed by atoms with Gasteiger partial charge in [0.1, 0.15) is 0 Å². The van der Waals surface area contributed by atoms with E-state index in [0.717, 1.165) is 33.3 Å². The van der Waals surface area contributed by atoms with Crippen molar-refractivity contribution in [1.29, 1.82) is 0 Å². The average molecular weight is 460 g/mol. The van der Waals surface area contributed by atoms with Crippen LogP contribution < -0.4 is 10.5 Å². The molecule has 7 heteroatoms. The van der Waals surface area contributed by atoms with Crippen LogP contribution in [0.25, 0.3) is 22.2 Å². The summed E-state index contributed by atoms with van der Waals surface area (Å²) in [7, 11) is -3.72. The first kappa shape index (κ1) is 22.6. The Morgan fingerprint density at radius 1 is 0.970 bits per heavy atom. The first-order valence-electron chi connectivity index (χ1n) is 10.6. The molecule has 4 aromatic rings. The minimum Gasteiger partial charge on any atom is -0.352 e. The number of hydrogen-bond donors (Lipinski definition) is 2. The monoisotopic (exact) mass is 459 g/mol. The van der Waals surface area contributed by atoms with E-state index in [1.54, 1.807) is 12.1 Å². The molecule has 0 aliphatic rings. The number of benzene rings is 3. The van der Waals surface area contributed by atoms with Gasteiger partial charge in [0, 0.05) is 17.5 Å². The van der Waals surface area contributed by atoms with Gasteiger partial charge in [0.15, 0.2) is 0 Å². The molecule has 0 unspecified atom stereocenters. The third kappa shape index (κ3) is 5.10. The van der Waals surface area contributed by atoms with Gasteiger partial charge < -0.3 is 5.32 Å². The van der Waals surface area contributed by atoms with Crippen LogP contribution in [0, 0.1) is 13.8 Å². The number of pyridine rings is 1. The van der Waals surface area contributed by atoms with Crippen LogP contribution in [0.5, 0.6) is 0 Å². The zero-order valence-corrected chi connectivity index (χ0v) is 19.3. The molecule has 168 valence electrons. The third-order valence-corrected chi connectivity index (χ3v) is 6.50. The maximum Gasteiger partial charge on any atom is 0.252 e. The fourth-order valence-corrected chi connectivity index (χ4v) is 4.38. The standard InChI is InChI=1S/C26H25N3O3S/c1-17-7-12-21(18(2)15-17)25-16-23(22-5-3-4-6-24(22)29-25)26(30)28-14-13-19-8-10-20(11-9-19)33(27,31)32/h3-12,15-16H,13-14H2,1-2H3,(H,28,30)(H2,27,31,32). The first-order valence-corrected chi connectivity index (χ1v) is 12.1. The molecule has 0 bridgehead atoms. The highest BCUT2D eigenvalue weighted by Gasteiger charge is 2.15. The van der Waals surface area contributed by atoms with Crippen LogP contribution in [0.2, 0.25) is 0 Å². The number of nitrogens with zero attached hydrogens (tertiary/aromatic N) is 1. The van der Waals surface area contributed by atoms with E-state index in [4.69, 9.17) is 10.1 Å². The third-order valence-electron chi connectivity index (χ3n) is 5.57. The molecule has 4 rings (SSSR count). The zero-order chi connectivity index (χ0) is 23.6. The van der Waals surface area contributed by atoms with Crippen molar-refractivity contribution in [3.05, 3.63) is 95.1 Å². The van der Waals surface area contributed by atoms with Crippen molar-refractivity contribution in [2.45, 2.75) is 25.2 Å². The van der Waals surface area contributed by atoms with Crippen molar-refractivity contribution in [2.75, 3.05) is 6.54 Å². The SMILES string of the molecule is Cc1ccc(-c2cc(C(=O)NCCc3ccc(S(N)(=O)=O)cc3)c3ccccc3n2)c(C)c1. The quantitative estimate of drug-likeness (QED) is 0.452. The van der Waals surface area contributed by atoms with E-state index in [1.165, 1.54) is 17.7 Å². The number of nitrogens with two attached hydrogens (primary N) is 1. The minimum absolute atomic E-state index is 0.0671. The minimum atomic E-state index is -3.72. The number of carbonyl (C=O) groups is 1. The lowest BCUT2D eigenvalue weighted by atomic mass is 9.99. The van der Waals surface area contributed by atoms with Gasteiger partial charge in [-0.3, -0.25) is 4.79 Å². The summed E-state index contributed by atoms with van der Waals surface area (Å²) in [6, 6.07) is 22.0. The Morgan fingerprint density at radius 3 is 2.39 bits per heavy atom. The summed E-state index contributed by atoms with van der Waals surface area (Å²) in [5, 5.41) is 8.91. The topological polar surface area (TPSA) is 102 Å². The van der Waals surface area contributed by atoms with Crippen LogP contribution in [0.4, 0.5) is 0 Å². The van der Waals surface area contributed by atoms with Crippen molar-refractivity contribution < 1.29 is 13.2 Å². The fraction of sp³-hybridized carbons (Fsp3) is 0.154. The van der Waals surface area contributed by atoms with Crippen molar-refractivity contribution in [1.82, 2.24) is 10.3 Å². The van der Waals surface area contributed by atoms with Gasteiger partial charge in [0.05, 0.1) is 21.7 Å². The molecule has 1 amide bonds. The largest absolute Gasteiger partial charge is 0.352 e. The lowest BCUT2D eigenvalue weighted by Gasteiger charge is -2.12. The van der Waals surface area contributed by atoms with Crippen LogP contribution in [0.1, 0.15) is 27.0 Å². The Labute approximate surface area is 193 Å². The maximum atomic E-state index is 13.1. The summed E-state index contributed by atoms with van der Waals surface area (Å²) in [5.41, 5.74) is 6.27. The fourth-order valence-electron chi connectivity index (χ4n) is 3.86. The summed E-state index contributed by atoms with van der Waals surface area (Å²) < 4.78 is 22.8. The molecule has 1 heterocycles. The van der Waals surface area contributed by atoms with E-state index in [9.17, 15) is 13.2 Å². The van der Waals surface area contributed by atoms with Gasteiger partial charge >= 0.3 is 0 Å². The number of fused-ring (bicyclic) bond motifs is 1. The van der Waals surface area contributed by atoms with Crippen molar-refractivity contribution in [3.63, 3.8) is 0 Å². The molecule has 3 N–H and O–H groups in total. The normalized spacial score (nSPS) is 11.5. The second-order valence-corrected chi connectivity index (χ2v) is 9.65. The van der Waals surface area contributed by atoms with Crippen LogP contribution in [-0.2, 0) is 16.4 Å². The Balaban J connectivity index is 1.57. The predicted molar refractivity (Wildman–Crippen MR) is 131 cm³/mol. The smallest absolute Gasteiger partial charge is 0.252 e. The number of sulfonamides is 1. The molecule has 0 fully saturated rings. The summed E-state index contributed by atoms with van der Waals surface area (Å²) >= 11 is 0. The summed E-state index contributed by atoms with van der Waals surface area (Å²) in [4.78, 5) is 18.0. The van der Waals surface area contributed by atoms with E-state index in [2.05, 4.69) is 11.4 Å².